The van der Waals surface area contributed by atoms with Gasteiger partial charge in [0.15, 0.2) is 0 Å². The zero-order valence-electron chi connectivity index (χ0n) is 13.3. The first-order chi connectivity index (χ1) is 9.73. The number of hydrogen-bond donors (Lipinski definition) is 0. The monoisotopic (exact) mass is 304 g/mol. The lowest BCUT2D eigenvalue weighted by molar-refractivity contribution is -0.149. The van der Waals surface area contributed by atoms with Crippen molar-refractivity contribution in [3.05, 3.63) is 38.1 Å². The van der Waals surface area contributed by atoms with Crippen molar-refractivity contribution in [2.45, 2.75) is 41.5 Å². The summed E-state index contributed by atoms with van der Waals surface area (Å²) in [6.45, 7) is 11.8. The van der Waals surface area contributed by atoms with E-state index in [1.807, 2.05) is 41.5 Å². The molecule has 0 spiro atoms. The van der Waals surface area contributed by atoms with Gasteiger partial charge in [-0.05, 0) is 50.8 Å². The highest BCUT2D eigenvalue weighted by Crippen LogP contribution is 2.39. The van der Waals surface area contributed by atoms with Gasteiger partial charge in [-0.1, -0.05) is 19.4 Å². The molecule has 4 heteroatoms. The molecule has 0 radical (unpaired) electrons. The minimum Gasteiger partial charge on any atom is -0.386 e. The third-order valence-electron chi connectivity index (χ3n) is 3.52. The van der Waals surface area contributed by atoms with Crippen LogP contribution in [-0.4, -0.2) is 11.9 Å². The molecule has 3 nitrogen and oxygen atoms in total. The van der Waals surface area contributed by atoms with E-state index in [0.29, 0.717) is 11.1 Å². The molecule has 2 heterocycles. The molecular formula is C17H20O3S. The second-order valence-electron chi connectivity index (χ2n) is 5.82. The molecule has 0 saturated carbocycles. The van der Waals surface area contributed by atoms with Crippen LogP contribution in [0.15, 0.2) is 22.8 Å². The number of allylic oxidation sites excluding steroid dienone is 2. The van der Waals surface area contributed by atoms with Crippen molar-refractivity contribution in [1.29, 1.82) is 0 Å². The molecular weight excluding hydrogens is 284 g/mol. The molecule has 0 N–H and O–H groups in total. The van der Waals surface area contributed by atoms with Gasteiger partial charge in [0.2, 0.25) is 0 Å². The number of carbonyl (C=O) groups excluding carboxylic acids is 2. The van der Waals surface area contributed by atoms with Crippen molar-refractivity contribution in [1.82, 2.24) is 0 Å². The Bertz CT molecular complexity index is 683. The van der Waals surface area contributed by atoms with Crippen molar-refractivity contribution in [3.8, 4) is 0 Å². The summed E-state index contributed by atoms with van der Waals surface area (Å²) in [5, 5.41) is 0. The summed E-state index contributed by atoms with van der Waals surface area (Å²) < 4.78 is 4.86. The second kappa shape index (κ2) is 5.60. The molecule has 1 fully saturated rings. The number of rotatable bonds is 2. The Balaban J connectivity index is 2.82. The number of carbonyl (C=O) groups is 2. The van der Waals surface area contributed by atoms with E-state index in [-0.39, 0.29) is 5.92 Å². The van der Waals surface area contributed by atoms with Gasteiger partial charge in [0.25, 0.3) is 0 Å². The fourth-order valence-electron chi connectivity index (χ4n) is 2.72. The topological polar surface area (TPSA) is 43.4 Å². The molecule has 1 saturated heterocycles. The van der Waals surface area contributed by atoms with E-state index in [9.17, 15) is 9.59 Å². The molecule has 1 aromatic heterocycles. The van der Waals surface area contributed by atoms with Crippen LogP contribution in [0.5, 0.6) is 0 Å². The molecule has 0 atom stereocenters. The average molecular weight is 304 g/mol. The van der Waals surface area contributed by atoms with E-state index in [2.05, 4.69) is 6.07 Å². The SMILES string of the molecule is CC(C)=C1C(=O)OC(=O)/C1=C(\c1cc(C)sc1C)C(C)C. The maximum absolute atomic E-state index is 12.2. The summed E-state index contributed by atoms with van der Waals surface area (Å²) >= 11 is 1.70. The highest BCUT2D eigenvalue weighted by Gasteiger charge is 2.38. The fraction of sp³-hybridized carbons (Fsp3) is 0.412. The summed E-state index contributed by atoms with van der Waals surface area (Å²) in [6.07, 6.45) is 0. The summed E-state index contributed by atoms with van der Waals surface area (Å²) in [7, 11) is 0. The van der Waals surface area contributed by atoms with Crippen LogP contribution in [-0.2, 0) is 14.3 Å². The third kappa shape index (κ3) is 2.72. The van der Waals surface area contributed by atoms with Crippen LogP contribution >= 0.6 is 11.3 Å². The van der Waals surface area contributed by atoms with Gasteiger partial charge < -0.3 is 4.74 Å². The van der Waals surface area contributed by atoms with E-state index < -0.39 is 11.9 Å². The average Bonchev–Trinajstić information content (AvgIpc) is 2.80. The van der Waals surface area contributed by atoms with Gasteiger partial charge in [0.05, 0.1) is 11.1 Å². The second-order valence-corrected chi connectivity index (χ2v) is 7.28. The van der Waals surface area contributed by atoms with E-state index in [0.717, 1.165) is 21.6 Å². The van der Waals surface area contributed by atoms with Gasteiger partial charge in [-0.2, -0.15) is 0 Å². The minimum atomic E-state index is -0.530. The van der Waals surface area contributed by atoms with Gasteiger partial charge in [-0.3, -0.25) is 0 Å². The lowest BCUT2D eigenvalue weighted by atomic mass is 9.87. The molecule has 0 amide bonds. The first kappa shape index (κ1) is 15.7. The molecule has 0 aromatic carbocycles. The predicted octanol–water partition coefficient (Wildman–Crippen LogP) is 4.19. The van der Waals surface area contributed by atoms with Gasteiger partial charge >= 0.3 is 11.9 Å². The van der Waals surface area contributed by atoms with E-state index in [4.69, 9.17) is 4.74 Å². The molecule has 112 valence electrons. The molecule has 0 aliphatic carbocycles. The van der Waals surface area contributed by atoms with Crippen LogP contribution in [0.3, 0.4) is 0 Å². The quantitative estimate of drug-likeness (QED) is 0.467. The Kier molecular flexibility index (Phi) is 4.19. The summed E-state index contributed by atoms with van der Waals surface area (Å²) in [5.41, 5.74) is 3.63. The van der Waals surface area contributed by atoms with Gasteiger partial charge in [0, 0.05) is 9.75 Å². The van der Waals surface area contributed by atoms with Crippen molar-refractivity contribution in [2.75, 3.05) is 0 Å². The number of thiophene rings is 1. The first-order valence-electron chi connectivity index (χ1n) is 7.00. The summed E-state index contributed by atoms with van der Waals surface area (Å²) in [6, 6.07) is 2.08. The molecule has 21 heavy (non-hydrogen) atoms. The lowest BCUT2D eigenvalue weighted by Crippen LogP contribution is -2.06. The Hall–Kier alpha value is -1.68. The van der Waals surface area contributed by atoms with E-state index >= 15 is 0 Å². The van der Waals surface area contributed by atoms with Crippen molar-refractivity contribution in [2.24, 2.45) is 5.92 Å². The number of aryl methyl sites for hydroxylation is 2. The zero-order valence-corrected chi connectivity index (χ0v) is 14.1. The highest BCUT2D eigenvalue weighted by molar-refractivity contribution is 7.12. The normalized spacial score (nSPS) is 17.6. The number of ether oxygens (including phenoxy) is 1. The van der Waals surface area contributed by atoms with Crippen LogP contribution in [0.2, 0.25) is 0 Å². The molecule has 0 bridgehead atoms. The number of hydrogen-bond acceptors (Lipinski definition) is 4. The Labute approximate surface area is 129 Å². The number of esters is 2. The summed E-state index contributed by atoms with van der Waals surface area (Å²) in [4.78, 5) is 26.5. The van der Waals surface area contributed by atoms with E-state index in [1.165, 1.54) is 4.88 Å². The lowest BCUT2D eigenvalue weighted by Gasteiger charge is -2.14. The molecule has 2 rings (SSSR count). The van der Waals surface area contributed by atoms with Gasteiger partial charge in [-0.25, -0.2) is 9.59 Å². The third-order valence-corrected chi connectivity index (χ3v) is 4.49. The Morgan fingerprint density at radius 3 is 2.10 bits per heavy atom. The molecule has 1 aliphatic rings. The Morgan fingerprint density at radius 2 is 1.67 bits per heavy atom. The maximum Gasteiger partial charge on any atom is 0.347 e. The first-order valence-corrected chi connectivity index (χ1v) is 7.81. The molecule has 1 aromatic rings. The molecule has 1 aliphatic heterocycles. The van der Waals surface area contributed by atoms with Crippen LogP contribution in [0.4, 0.5) is 0 Å². The van der Waals surface area contributed by atoms with Crippen LogP contribution in [0.1, 0.15) is 43.0 Å². The predicted molar refractivity (Wildman–Crippen MR) is 85.0 cm³/mol. The van der Waals surface area contributed by atoms with Crippen molar-refractivity contribution < 1.29 is 14.3 Å². The van der Waals surface area contributed by atoms with Crippen LogP contribution in [0.25, 0.3) is 5.57 Å². The van der Waals surface area contributed by atoms with Crippen LogP contribution in [0, 0.1) is 19.8 Å². The zero-order chi connectivity index (χ0) is 15.9. The standard InChI is InChI=1S/C17H20O3S/c1-8(2)13(12-7-10(5)21-11(12)6)15-14(9(3)4)16(18)20-17(15)19/h7-8H,1-6H3/b15-13-. The van der Waals surface area contributed by atoms with Crippen molar-refractivity contribution in [3.63, 3.8) is 0 Å². The smallest absolute Gasteiger partial charge is 0.347 e. The number of cyclic esters (lactones) is 2. The highest BCUT2D eigenvalue weighted by atomic mass is 32.1. The maximum atomic E-state index is 12.2. The van der Waals surface area contributed by atoms with Crippen molar-refractivity contribution >= 4 is 28.8 Å². The van der Waals surface area contributed by atoms with E-state index in [1.54, 1.807) is 11.3 Å². The van der Waals surface area contributed by atoms with Crippen LogP contribution < -0.4 is 0 Å². The fourth-order valence-corrected chi connectivity index (χ4v) is 3.66. The molecule has 0 unspecified atom stereocenters. The van der Waals surface area contributed by atoms with Gasteiger partial charge in [0.1, 0.15) is 0 Å². The largest absolute Gasteiger partial charge is 0.386 e. The van der Waals surface area contributed by atoms with Gasteiger partial charge in [-0.15, -0.1) is 11.3 Å². The summed E-state index contributed by atoms with van der Waals surface area (Å²) in [5.74, 6) is -0.929. The Morgan fingerprint density at radius 1 is 1.10 bits per heavy atom. The minimum absolute atomic E-state index is 0.125.